The van der Waals surface area contributed by atoms with E-state index in [0.717, 1.165) is 43.7 Å². The van der Waals surface area contributed by atoms with E-state index < -0.39 is 0 Å². The molecule has 0 atom stereocenters. The van der Waals surface area contributed by atoms with Crippen molar-refractivity contribution in [2.75, 3.05) is 13.1 Å². The van der Waals surface area contributed by atoms with Gasteiger partial charge in [-0.1, -0.05) is 20.3 Å². The Morgan fingerprint density at radius 1 is 1.36 bits per heavy atom. The number of nitrogens with one attached hydrogen (secondary N) is 1. The molecule has 1 fully saturated rings. The average Bonchev–Trinajstić information content (AvgIpc) is 2.91. The van der Waals surface area contributed by atoms with E-state index in [1.807, 2.05) is 11.8 Å². The Hall–Kier alpha value is -1.43. The molecule has 0 unspecified atom stereocenters. The molecule has 1 N–H and O–H groups in total. The van der Waals surface area contributed by atoms with Crippen molar-refractivity contribution in [1.29, 1.82) is 0 Å². The number of nitrogens with zero attached hydrogens (tertiary/aromatic N) is 2. The van der Waals surface area contributed by atoms with Gasteiger partial charge in [0.15, 0.2) is 0 Å². The highest BCUT2D eigenvalue weighted by Crippen LogP contribution is 2.29. The summed E-state index contributed by atoms with van der Waals surface area (Å²) in [5, 5.41) is 5.44. The molecule has 1 saturated carbocycles. The monoisotopic (exact) mass is 323 g/mol. The maximum absolute atomic E-state index is 12.4. The molecular formula is C16H25N3O2S. The zero-order valence-electron chi connectivity index (χ0n) is 13.4. The van der Waals surface area contributed by atoms with E-state index in [1.54, 1.807) is 5.38 Å². The Balaban J connectivity index is 1.96. The number of aromatic nitrogens is 1. The Kier molecular flexibility index (Phi) is 6.36. The summed E-state index contributed by atoms with van der Waals surface area (Å²) in [6, 6.07) is 0. The van der Waals surface area contributed by atoms with Crippen molar-refractivity contribution in [3.05, 3.63) is 16.1 Å². The second-order valence-electron chi connectivity index (χ2n) is 5.77. The standard InChI is InChI=1S/C16H25N3O2S/c1-3-8-17-15(20)13-11-22-14(18-13)10-19(9-4-2)16(21)12-6-5-7-12/h11-12H,3-10H2,1-2H3,(H,17,20). The minimum Gasteiger partial charge on any atom is -0.351 e. The van der Waals surface area contributed by atoms with Crippen molar-refractivity contribution >= 4 is 23.2 Å². The molecule has 2 amide bonds. The van der Waals surface area contributed by atoms with E-state index in [1.165, 1.54) is 11.3 Å². The first-order valence-corrected chi connectivity index (χ1v) is 9.05. The van der Waals surface area contributed by atoms with Crippen LogP contribution < -0.4 is 5.32 Å². The van der Waals surface area contributed by atoms with Crippen LogP contribution in [0.3, 0.4) is 0 Å². The van der Waals surface area contributed by atoms with Gasteiger partial charge in [-0.25, -0.2) is 4.98 Å². The van der Waals surface area contributed by atoms with Gasteiger partial charge >= 0.3 is 0 Å². The van der Waals surface area contributed by atoms with Gasteiger partial charge in [-0.05, 0) is 25.7 Å². The minimum atomic E-state index is -0.128. The second-order valence-corrected chi connectivity index (χ2v) is 6.71. The third kappa shape index (κ3) is 4.29. The van der Waals surface area contributed by atoms with E-state index in [4.69, 9.17) is 0 Å². The molecule has 1 aromatic rings. The van der Waals surface area contributed by atoms with E-state index >= 15 is 0 Å². The molecule has 1 aliphatic rings. The van der Waals surface area contributed by atoms with Crippen molar-refractivity contribution in [3.63, 3.8) is 0 Å². The normalized spacial score (nSPS) is 14.5. The Morgan fingerprint density at radius 3 is 2.73 bits per heavy atom. The largest absolute Gasteiger partial charge is 0.351 e. The van der Waals surface area contributed by atoms with Crippen LogP contribution in [-0.4, -0.2) is 34.8 Å². The first kappa shape index (κ1) is 16.9. The lowest BCUT2D eigenvalue weighted by molar-refractivity contribution is -0.138. The molecule has 1 aliphatic carbocycles. The SMILES string of the molecule is CCCNC(=O)c1csc(CN(CCC)C(=O)C2CCC2)n1. The fourth-order valence-corrected chi connectivity index (χ4v) is 3.22. The van der Waals surface area contributed by atoms with Gasteiger partial charge in [0.1, 0.15) is 10.7 Å². The molecule has 2 rings (SSSR count). The molecule has 0 spiro atoms. The Bertz CT molecular complexity index is 511. The second kappa shape index (κ2) is 8.27. The topological polar surface area (TPSA) is 62.3 Å². The number of carbonyl (C=O) groups is 2. The summed E-state index contributed by atoms with van der Waals surface area (Å²) in [6.07, 6.45) is 5.04. The number of hydrogen-bond acceptors (Lipinski definition) is 4. The molecule has 0 radical (unpaired) electrons. The Morgan fingerprint density at radius 2 is 2.14 bits per heavy atom. The fourth-order valence-electron chi connectivity index (χ4n) is 2.43. The first-order valence-electron chi connectivity index (χ1n) is 8.17. The fraction of sp³-hybridized carbons (Fsp3) is 0.688. The molecule has 22 heavy (non-hydrogen) atoms. The quantitative estimate of drug-likeness (QED) is 0.800. The lowest BCUT2D eigenvalue weighted by Crippen LogP contribution is -2.38. The van der Waals surface area contributed by atoms with Crippen LogP contribution in [0.2, 0.25) is 0 Å². The van der Waals surface area contributed by atoms with Crippen LogP contribution in [0.25, 0.3) is 0 Å². The summed E-state index contributed by atoms with van der Waals surface area (Å²) in [5.41, 5.74) is 0.459. The summed E-state index contributed by atoms with van der Waals surface area (Å²) < 4.78 is 0. The third-order valence-electron chi connectivity index (χ3n) is 3.91. The molecule has 0 aliphatic heterocycles. The highest BCUT2D eigenvalue weighted by atomic mass is 32.1. The molecule has 0 aromatic carbocycles. The van der Waals surface area contributed by atoms with Crippen molar-refractivity contribution in [2.24, 2.45) is 5.92 Å². The zero-order chi connectivity index (χ0) is 15.9. The predicted molar refractivity (Wildman–Crippen MR) is 87.8 cm³/mol. The number of thiazole rings is 1. The predicted octanol–water partition coefficient (Wildman–Crippen LogP) is 2.82. The molecule has 1 heterocycles. The minimum absolute atomic E-state index is 0.128. The lowest BCUT2D eigenvalue weighted by Gasteiger charge is -2.31. The van der Waals surface area contributed by atoms with Crippen LogP contribution in [-0.2, 0) is 11.3 Å². The van der Waals surface area contributed by atoms with Crippen LogP contribution >= 0.6 is 11.3 Å². The van der Waals surface area contributed by atoms with Gasteiger partial charge in [0, 0.05) is 24.4 Å². The highest BCUT2D eigenvalue weighted by molar-refractivity contribution is 7.09. The smallest absolute Gasteiger partial charge is 0.270 e. The highest BCUT2D eigenvalue weighted by Gasteiger charge is 2.29. The number of amides is 2. The van der Waals surface area contributed by atoms with Crippen LogP contribution in [0.4, 0.5) is 0 Å². The van der Waals surface area contributed by atoms with Gasteiger partial charge in [0.05, 0.1) is 6.54 Å². The summed E-state index contributed by atoms with van der Waals surface area (Å²) in [4.78, 5) is 30.6. The number of carbonyl (C=O) groups excluding carboxylic acids is 2. The average molecular weight is 323 g/mol. The van der Waals surface area contributed by atoms with Crippen molar-refractivity contribution in [1.82, 2.24) is 15.2 Å². The molecule has 5 nitrogen and oxygen atoms in total. The molecular weight excluding hydrogens is 298 g/mol. The molecule has 0 saturated heterocycles. The van der Waals surface area contributed by atoms with E-state index in [2.05, 4.69) is 17.2 Å². The zero-order valence-corrected chi connectivity index (χ0v) is 14.2. The van der Waals surface area contributed by atoms with Crippen molar-refractivity contribution < 1.29 is 9.59 Å². The summed E-state index contributed by atoms with van der Waals surface area (Å²) >= 11 is 1.45. The number of rotatable bonds is 8. The van der Waals surface area contributed by atoms with Gasteiger partial charge in [0.25, 0.3) is 5.91 Å². The van der Waals surface area contributed by atoms with E-state index in [0.29, 0.717) is 18.8 Å². The Labute approximate surface area is 136 Å². The van der Waals surface area contributed by atoms with Gasteiger partial charge in [-0.2, -0.15) is 0 Å². The summed E-state index contributed by atoms with van der Waals surface area (Å²) in [7, 11) is 0. The van der Waals surface area contributed by atoms with Crippen molar-refractivity contribution in [3.8, 4) is 0 Å². The van der Waals surface area contributed by atoms with Gasteiger partial charge in [0.2, 0.25) is 5.91 Å². The number of hydrogen-bond donors (Lipinski definition) is 1. The molecule has 0 bridgehead atoms. The summed E-state index contributed by atoms with van der Waals surface area (Å²) in [5.74, 6) is 0.329. The maximum Gasteiger partial charge on any atom is 0.270 e. The van der Waals surface area contributed by atoms with Gasteiger partial charge in [-0.15, -0.1) is 11.3 Å². The van der Waals surface area contributed by atoms with E-state index in [9.17, 15) is 9.59 Å². The lowest BCUT2D eigenvalue weighted by atomic mass is 9.84. The van der Waals surface area contributed by atoms with Gasteiger partial charge in [-0.3, -0.25) is 9.59 Å². The van der Waals surface area contributed by atoms with Crippen LogP contribution in [0.1, 0.15) is 61.4 Å². The van der Waals surface area contributed by atoms with E-state index in [-0.39, 0.29) is 17.7 Å². The van der Waals surface area contributed by atoms with Crippen molar-refractivity contribution in [2.45, 2.75) is 52.5 Å². The van der Waals surface area contributed by atoms with Gasteiger partial charge < -0.3 is 10.2 Å². The summed E-state index contributed by atoms with van der Waals surface area (Å²) in [6.45, 7) is 6.03. The van der Waals surface area contributed by atoms with Crippen LogP contribution in [0.5, 0.6) is 0 Å². The van der Waals surface area contributed by atoms with Crippen LogP contribution in [0, 0.1) is 5.92 Å². The molecule has 6 heteroatoms. The molecule has 1 aromatic heterocycles. The molecule has 122 valence electrons. The maximum atomic E-state index is 12.4. The van der Waals surface area contributed by atoms with Crippen LogP contribution in [0.15, 0.2) is 5.38 Å². The first-order chi connectivity index (χ1) is 10.7. The third-order valence-corrected chi connectivity index (χ3v) is 4.74.